The molecule has 118 valence electrons. The van der Waals surface area contributed by atoms with Gasteiger partial charge in [0, 0.05) is 31.6 Å². The quantitative estimate of drug-likeness (QED) is 0.779. The molecule has 0 aromatic heterocycles. The van der Waals surface area contributed by atoms with E-state index in [0.717, 1.165) is 40.9 Å². The maximum Gasteiger partial charge on any atom is 0.192 e. The fourth-order valence-electron chi connectivity index (χ4n) is 2.59. The molecular formula is C18H18ClN3S. The van der Waals surface area contributed by atoms with Crippen LogP contribution in [0.25, 0.3) is 0 Å². The van der Waals surface area contributed by atoms with E-state index in [4.69, 9.17) is 23.8 Å². The second-order valence-corrected chi connectivity index (χ2v) is 6.36. The zero-order valence-electron chi connectivity index (χ0n) is 12.9. The molecule has 2 aromatic rings. The Morgan fingerprint density at radius 3 is 2.74 bits per heavy atom. The third-order valence-electron chi connectivity index (χ3n) is 3.77. The summed E-state index contributed by atoms with van der Waals surface area (Å²) in [5.41, 5.74) is 3.33. The first kappa shape index (κ1) is 16.0. The maximum atomic E-state index is 6.06. The molecule has 0 bridgehead atoms. The predicted molar refractivity (Wildman–Crippen MR) is 99.8 cm³/mol. The molecule has 0 spiro atoms. The molecule has 0 saturated carbocycles. The summed E-state index contributed by atoms with van der Waals surface area (Å²) < 4.78 is 0. The van der Waals surface area contributed by atoms with Crippen LogP contribution in [-0.4, -0.2) is 34.3 Å². The van der Waals surface area contributed by atoms with Gasteiger partial charge in [-0.1, -0.05) is 54.1 Å². The molecule has 0 N–H and O–H groups in total. The molecule has 1 aliphatic rings. The van der Waals surface area contributed by atoms with Crippen molar-refractivity contribution in [3.8, 4) is 0 Å². The first-order chi connectivity index (χ1) is 11.1. The Balaban J connectivity index is 1.69. The molecule has 0 fully saturated rings. The molecule has 5 heteroatoms. The molecule has 0 amide bonds. The molecule has 1 heterocycles. The molecule has 3 nitrogen and oxygen atoms in total. The zero-order valence-corrected chi connectivity index (χ0v) is 14.5. The lowest BCUT2D eigenvalue weighted by molar-refractivity contribution is 0.388. The summed E-state index contributed by atoms with van der Waals surface area (Å²) in [6.07, 6.45) is 0.875. The number of rotatable bonds is 3. The van der Waals surface area contributed by atoms with E-state index >= 15 is 0 Å². The van der Waals surface area contributed by atoms with E-state index < -0.39 is 0 Å². The second kappa shape index (κ2) is 7.11. The van der Waals surface area contributed by atoms with Crippen LogP contribution in [0.1, 0.15) is 17.5 Å². The number of hydrazone groups is 1. The summed E-state index contributed by atoms with van der Waals surface area (Å²) in [5, 5.41) is 8.04. The van der Waals surface area contributed by atoms with Crippen molar-refractivity contribution in [3.63, 3.8) is 0 Å². The smallest absolute Gasteiger partial charge is 0.192 e. The van der Waals surface area contributed by atoms with Crippen LogP contribution in [0, 0.1) is 0 Å². The third-order valence-corrected chi connectivity index (χ3v) is 4.53. The summed E-state index contributed by atoms with van der Waals surface area (Å²) in [5.74, 6) is 0. The van der Waals surface area contributed by atoms with Gasteiger partial charge in [-0.15, -0.1) is 0 Å². The molecule has 0 saturated heterocycles. The van der Waals surface area contributed by atoms with E-state index in [1.165, 1.54) is 5.56 Å². The third kappa shape index (κ3) is 3.89. The van der Waals surface area contributed by atoms with Crippen molar-refractivity contribution < 1.29 is 0 Å². The highest BCUT2D eigenvalue weighted by Crippen LogP contribution is 2.18. The van der Waals surface area contributed by atoms with Gasteiger partial charge in [0.2, 0.25) is 0 Å². The molecule has 1 aliphatic heterocycles. The number of hydrogen-bond donors (Lipinski definition) is 0. The Kier molecular flexibility index (Phi) is 4.94. The predicted octanol–water partition coefficient (Wildman–Crippen LogP) is 4.17. The van der Waals surface area contributed by atoms with E-state index in [0.29, 0.717) is 0 Å². The molecule has 2 aromatic carbocycles. The molecule has 3 rings (SSSR count). The Morgan fingerprint density at radius 1 is 1.22 bits per heavy atom. The van der Waals surface area contributed by atoms with Crippen molar-refractivity contribution in [3.05, 3.63) is 70.7 Å². The van der Waals surface area contributed by atoms with Gasteiger partial charge in [-0.3, -0.25) is 0 Å². The van der Waals surface area contributed by atoms with Crippen molar-refractivity contribution in [2.45, 2.75) is 13.0 Å². The van der Waals surface area contributed by atoms with E-state index in [2.05, 4.69) is 22.1 Å². The molecule has 23 heavy (non-hydrogen) atoms. The van der Waals surface area contributed by atoms with Crippen LogP contribution < -0.4 is 0 Å². The first-order valence-electron chi connectivity index (χ1n) is 7.53. The van der Waals surface area contributed by atoms with Gasteiger partial charge in [-0.05, 0) is 35.5 Å². The van der Waals surface area contributed by atoms with Crippen LogP contribution in [0.5, 0.6) is 0 Å². The Morgan fingerprint density at radius 2 is 2.00 bits per heavy atom. The fourth-order valence-corrected chi connectivity index (χ4v) is 2.97. The summed E-state index contributed by atoms with van der Waals surface area (Å²) in [7, 11) is 2.00. The molecule has 0 aliphatic carbocycles. The highest BCUT2D eigenvalue weighted by atomic mass is 35.5. The SMILES string of the molecule is CN(Cc1ccccc1)C(=S)N1CCC(c2cccc(Cl)c2)=N1. The van der Waals surface area contributed by atoms with Crippen molar-refractivity contribution in [2.75, 3.05) is 13.6 Å². The number of nitrogens with zero attached hydrogens (tertiary/aromatic N) is 3. The zero-order chi connectivity index (χ0) is 16.2. The Hall–Kier alpha value is -1.91. The topological polar surface area (TPSA) is 18.8 Å². The highest BCUT2D eigenvalue weighted by Gasteiger charge is 2.21. The van der Waals surface area contributed by atoms with Crippen LogP contribution in [0.15, 0.2) is 59.7 Å². The van der Waals surface area contributed by atoms with Crippen LogP contribution in [0.3, 0.4) is 0 Å². The van der Waals surface area contributed by atoms with E-state index in [1.54, 1.807) is 0 Å². The molecule has 0 radical (unpaired) electrons. The van der Waals surface area contributed by atoms with Gasteiger partial charge in [0.1, 0.15) is 0 Å². The first-order valence-corrected chi connectivity index (χ1v) is 8.32. The minimum Gasteiger partial charge on any atom is -0.346 e. The van der Waals surface area contributed by atoms with Gasteiger partial charge in [-0.25, -0.2) is 5.01 Å². The van der Waals surface area contributed by atoms with Gasteiger partial charge in [0.05, 0.1) is 5.71 Å². The van der Waals surface area contributed by atoms with Gasteiger partial charge >= 0.3 is 0 Å². The average molecular weight is 344 g/mol. The van der Waals surface area contributed by atoms with Gasteiger partial charge in [0.15, 0.2) is 5.11 Å². The maximum absolute atomic E-state index is 6.06. The average Bonchev–Trinajstić information content (AvgIpc) is 3.05. The summed E-state index contributed by atoms with van der Waals surface area (Å²) >= 11 is 11.6. The lowest BCUT2D eigenvalue weighted by Crippen LogP contribution is -2.36. The normalized spacial score (nSPS) is 13.8. The van der Waals surface area contributed by atoms with E-state index in [9.17, 15) is 0 Å². The lowest BCUT2D eigenvalue weighted by atomic mass is 10.1. The summed E-state index contributed by atoms with van der Waals surface area (Å²) in [4.78, 5) is 2.05. The van der Waals surface area contributed by atoms with Crippen molar-refractivity contribution in [2.24, 2.45) is 5.10 Å². The number of benzene rings is 2. The Labute approximate surface area is 147 Å². The fraction of sp³-hybridized carbons (Fsp3) is 0.222. The minimum atomic E-state index is 0.729. The largest absolute Gasteiger partial charge is 0.346 e. The van der Waals surface area contributed by atoms with Gasteiger partial charge in [-0.2, -0.15) is 5.10 Å². The molecular weight excluding hydrogens is 326 g/mol. The van der Waals surface area contributed by atoms with Crippen LogP contribution >= 0.6 is 23.8 Å². The molecule has 0 atom stereocenters. The van der Waals surface area contributed by atoms with Crippen LogP contribution in [0.2, 0.25) is 5.02 Å². The summed E-state index contributed by atoms with van der Waals surface area (Å²) in [6, 6.07) is 18.1. The summed E-state index contributed by atoms with van der Waals surface area (Å²) in [6.45, 7) is 1.58. The number of thiocarbonyl (C=S) groups is 1. The minimum absolute atomic E-state index is 0.729. The molecule has 0 unspecified atom stereocenters. The van der Waals surface area contributed by atoms with Crippen molar-refractivity contribution in [1.29, 1.82) is 0 Å². The number of hydrogen-bond acceptors (Lipinski definition) is 2. The van der Waals surface area contributed by atoms with Crippen molar-refractivity contribution >= 4 is 34.6 Å². The lowest BCUT2D eigenvalue weighted by Gasteiger charge is -2.25. The number of halogens is 1. The second-order valence-electron chi connectivity index (χ2n) is 5.55. The van der Waals surface area contributed by atoms with E-state index in [-0.39, 0.29) is 0 Å². The Bertz CT molecular complexity index is 730. The highest BCUT2D eigenvalue weighted by molar-refractivity contribution is 7.80. The van der Waals surface area contributed by atoms with Gasteiger partial charge in [0.25, 0.3) is 0 Å². The van der Waals surface area contributed by atoms with Crippen LogP contribution in [-0.2, 0) is 6.54 Å². The van der Waals surface area contributed by atoms with Crippen molar-refractivity contribution in [1.82, 2.24) is 9.91 Å². The van der Waals surface area contributed by atoms with Gasteiger partial charge < -0.3 is 4.90 Å². The standard InChI is InChI=1S/C18H18ClN3S/c1-21(13-14-6-3-2-4-7-14)18(23)22-11-10-17(20-22)15-8-5-9-16(19)12-15/h2-9,12H,10-11,13H2,1H3. The van der Waals surface area contributed by atoms with E-state index in [1.807, 2.05) is 54.5 Å². The van der Waals surface area contributed by atoms with Crippen LogP contribution in [0.4, 0.5) is 0 Å². The monoisotopic (exact) mass is 343 g/mol.